The Morgan fingerprint density at radius 1 is 0.920 bits per heavy atom. The van der Waals surface area contributed by atoms with Crippen molar-refractivity contribution in [3.05, 3.63) is 29.8 Å². The van der Waals surface area contributed by atoms with Crippen molar-refractivity contribution in [2.45, 2.75) is 76.6 Å². The third-order valence-corrected chi connectivity index (χ3v) is 5.04. The number of ether oxygens (including phenoxy) is 1. The molecule has 1 atom stereocenters. The summed E-state index contributed by atoms with van der Waals surface area (Å²) in [5, 5.41) is 9.70. The standard InChI is InChI=1S/C19H32O5S/c1-2-3-4-5-6-7-8-9-10-13-16-24-18-15-12-11-14-17(18)19(20)25(21,22)23/h11-12,14-15,19-20H,2-10,13,16H2,1H3,(H,21,22,23). The SMILES string of the molecule is CCCCCCCCCCCCOc1ccccc1C(O)S(=O)(=O)O. The van der Waals surface area contributed by atoms with Gasteiger partial charge in [-0.1, -0.05) is 82.9 Å². The second kappa shape index (κ2) is 12.3. The molecule has 6 heteroatoms. The number of unbranched alkanes of at least 4 members (excludes halogenated alkanes) is 9. The smallest absolute Gasteiger partial charge is 0.296 e. The van der Waals surface area contributed by atoms with Crippen molar-refractivity contribution in [1.82, 2.24) is 0 Å². The van der Waals surface area contributed by atoms with Crippen LogP contribution in [-0.2, 0) is 10.1 Å². The maximum absolute atomic E-state index is 11.1. The van der Waals surface area contributed by atoms with Gasteiger partial charge in [-0.3, -0.25) is 4.55 Å². The van der Waals surface area contributed by atoms with Gasteiger partial charge >= 0.3 is 0 Å². The molecule has 144 valence electrons. The molecule has 0 aliphatic heterocycles. The summed E-state index contributed by atoms with van der Waals surface area (Å²) in [7, 11) is -4.56. The molecule has 5 nitrogen and oxygen atoms in total. The molecule has 0 saturated heterocycles. The van der Waals surface area contributed by atoms with Gasteiger partial charge in [0.2, 0.25) is 5.44 Å². The quantitative estimate of drug-likeness (QED) is 0.360. The van der Waals surface area contributed by atoms with Crippen LogP contribution in [0.5, 0.6) is 5.75 Å². The van der Waals surface area contributed by atoms with Gasteiger partial charge in [0.1, 0.15) is 5.75 Å². The number of para-hydroxylation sites is 1. The fourth-order valence-corrected chi connectivity index (χ4v) is 3.26. The Hall–Kier alpha value is -1.11. The first kappa shape index (κ1) is 21.9. The molecular formula is C19H32O5S. The fourth-order valence-electron chi connectivity index (χ4n) is 2.75. The van der Waals surface area contributed by atoms with Crippen molar-refractivity contribution in [3.63, 3.8) is 0 Å². The molecule has 0 saturated carbocycles. The molecule has 2 N–H and O–H groups in total. The highest BCUT2D eigenvalue weighted by molar-refractivity contribution is 7.85. The zero-order valence-corrected chi connectivity index (χ0v) is 16.0. The van der Waals surface area contributed by atoms with E-state index in [2.05, 4.69) is 6.92 Å². The molecular weight excluding hydrogens is 340 g/mol. The van der Waals surface area contributed by atoms with Gasteiger partial charge in [-0.15, -0.1) is 0 Å². The minimum absolute atomic E-state index is 0.0667. The van der Waals surface area contributed by atoms with Crippen molar-refractivity contribution in [3.8, 4) is 5.75 Å². The van der Waals surface area contributed by atoms with E-state index in [1.807, 2.05) is 0 Å². The van der Waals surface area contributed by atoms with Crippen LogP contribution in [0.4, 0.5) is 0 Å². The van der Waals surface area contributed by atoms with Crippen molar-refractivity contribution in [2.75, 3.05) is 6.61 Å². The molecule has 1 aromatic rings. The van der Waals surface area contributed by atoms with Gasteiger partial charge in [0, 0.05) is 5.56 Å². The minimum atomic E-state index is -4.56. The number of aliphatic hydroxyl groups excluding tert-OH is 1. The van der Waals surface area contributed by atoms with Gasteiger partial charge in [-0.2, -0.15) is 8.42 Å². The van der Waals surface area contributed by atoms with Crippen molar-refractivity contribution < 1.29 is 22.8 Å². The fraction of sp³-hybridized carbons (Fsp3) is 0.684. The number of hydrogen-bond acceptors (Lipinski definition) is 4. The molecule has 0 radical (unpaired) electrons. The van der Waals surface area contributed by atoms with Crippen LogP contribution in [0.15, 0.2) is 24.3 Å². The average Bonchev–Trinajstić information content (AvgIpc) is 2.58. The largest absolute Gasteiger partial charge is 0.493 e. The Morgan fingerprint density at radius 2 is 1.44 bits per heavy atom. The van der Waals surface area contributed by atoms with E-state index >= 15 is 0 Å². The normalized spacial score (nSPS) is 12.9. The summed E-state index contributed by atoms with van der Waals surface area (Å²) in [6.45, 7) is 2.69. The lowest BCUT2D eigenvalue weighted by molar-refractivity contribution is 0.227. The van der Waals surface area contributed by atoms with Crippen LogP contribution in [0.1, 0.15) is 82.1 Å². The third-order valence-electron chi connectivity index (χ3n) is 4.22. The molecule has 1 unspecified atom stereocenters. The van der Waals surface area contributed by atoms with Gasteiger partial charge in [-0.25, -0.2) is 0 Å². The van der Waals surface area contributed by atoms with Gasteiger partial charge in [-0.05, 0) is 12.5 Å². The summed E-state index contributed by atoms with van der Waals surface area (Å²) in [5.74, 6) is 0.295. The van der Waals surface area contributed by atoms with E-state index in [1.54, 1.807) is 18.2 Å². The van der Waals surface area contributed by atoms with Crippen LogP contribution in [0.25, 0.3) is 0 Å². The first-order valence-corrected chi connectivity index (χ1v) is 10.8. The molecule has 0 aromatic heterocycles. The van der Waals surface area contributed by atoms with Crippen LogP contribution in [0.3, 0.4) is 0 Å². The molecule has 0 aliphatic carbocycles. The highest BCUT2D eigenvalue weighted by Gasteiger charge is 2.25. The van der Waals surface area contributed by atoms with Crippen LogP contribution in [0.2, 0.25) is 0 Å². The monoisotopic (exact) mass is 372 g/mol. The van der Waals surface area contributed by atoms with Gasteiger partial charge in [0.05, 0.1) is 6.61 Å². The van der Waals surface area contributed by atoms with Crippen molar-refractivity contribution in [2.24, 2.45) is 0 Å². The second-order valence-electron chi connectivity index (χ2n) is 6.44. The van der Waals surface area contributed by atoms with Crippen LogP contribution in [-0.4, -0.2) is 24.7 Å². The summed E-state index contributed by atoms with van der Waals surface area (Å²) in [4.78, 5) is 0. The van der Waals surface area contributed by atoms with Gasteiger partial charge in [0.15, 0.2) is 0 Å². The zero-order valence-electron chi connectivity index (χ0n) is 15.2. The van der Waals surface area contributed by atoms with E-state index in [0.717, 1.165) is 12.8 Å². The second-order valence-corrected chi connectivity index (χ2v) is 7.91. The highest BCUT2D eigenvalue weighted by atomic mass is 32.2. The Kier molecular flexibility index (Phi) is 10.8. The van der Waals surface area contributed by atoms with Crippen molar-refractivity contribution >= 4 is 10.1 Å². The Balaban J connectivity index is 2.21. The average molecular weight is 373 g/mol. The molecule has 0 heterocycles. The van der Waals surface area contributed by atoms with E-state index in [-0.39, 0.29) is 5.56 Å². The minimum Gasteiger partial charge on any atom is -0.493 e. The Morgan fingerprint density at radius 3 is 2.00 bits per heavy atom. The number of rotatable bonds is 14. The lowest BCUT2D eigenvalue weighted by atomic mass is 10.1. The molecule has 1 rings (SSSR count). The van der Waals surface area contributed by atoms with E-state index in [0.29, 0.717) is 12.4 Å². The summed E-state index contributed by atoms with van der Waals surface area (Å²) in [5.41, 5.74) is -1.91. The zero-order chi connectivity index (χ0) is 18.5. The molecule has 0 aliphatic rings. The molecule has 1 aromatic carbocycles. The van der Waals surface area contributed by atoms with Crippen LogP contribution < -0.4 is 4.74 Å². The molecule has 25 heavy (non-hydrogen) atoms. The predicted octanol–water partition coefficient (Wildman–Crippen LogP) is 4.87. The van der Waals surface area contributed by atoms with Crippen molar-refractivity contribution in [1.29, 1.82) is 0 Å². The maximum atomic E-state index is 11.1. The molecule has 0 bridgehead atoms. The molecule has 0 amide bonds. The Bertz CT molecular complexity index is 571. The van der Waals surface area contributed by atoms with E-state index in [1.165, 1.54) is 57.4 Å². The summed E-state index contributed by atoms with van der Waals surface area (Å²) in [6, 6.07) is 6.33. The van der Waals surface area contributed by atoms with Gasteiger partial charge in [0.25, 0.3) is 10.1 Å². The molecule has 0 fully saturated rings. The number of benzene rings is 1. The highest BCUT2D eigenvalue weighted by Crippen LogP contribution is 2.28. The van der Waals surface area contributed by atoms with E-state index in [9.17, 15) is 13.5 Å². The first-order valence-electron chi connectivity index (χ1n) is 9.33. The lowest BCUT2D eigenvalue weighted by Crippen LogP contribution is -2.13. The first-order chi connectivity index (χ1) is 12.0. The van der Waals surface area contributed by atoms with Crippen LogP contribution >= 0.6 is 0 Å². The lowest BCUT2D eigenvalue weighted by Gasteiger charge is -2.14. The van der Waals surface area contributed by atoms with Crippen LogP contribution in [0, 0.1) is 0 Å². The number of aliphatic hydroxyl groups is 1. The van der Waals surface area contributed by atoms with E-state index < -0.39 is 15.6 Å². The summed E-state index contributed by atoms with van der Waals surface area (Å²) in [6.07, 6.45) is 12.3. The summed E-state index contributed by atoms with van der Waals surface area (Å²) < 4.78 is 36.8. The summed E-state index contributed by atoms with van der Waals surface area (Å²) >= 11 is 0. The third kappa shape index (κ3) is 9.23. The van der Waals surface area contributed by atoms with E-state index in [4.69, 9.17) is 9.29 Å². The number of hydrogen-bond donors (Lipinski definition) is 2. The topological polar surface area (TPSA) is 83.8 Å². The maximum Gasteiger partial charge on any atom is 0.296 e. The molecule has 0 spiro atoms. The van der Waals surface area contributed by atoms with Gasteiger partial charge < -0.3 is 9.84 Å². The predicted molar refractivity (Wildman–Crippen MR) is 100 cm³/mol. The Labute approximate surface area is 152 Å².